The summed E-state index contributed by atoms with van der Waals surface area (Å²) in [6.45, 7) is 7.36. The van der Waals surface area contributed by atoms with Crippen molar-refractivity contribution in [3.05, 3.63) is 0 Å². The normalized spacial score (nSPS) is 15.1. The highest BCUT2D eigenvalue weighted by atomic mass is 16.1. The summed E-state index contributed by atoms with van der Waals surface area (Å²) in [5.41, 5.74) is 5.55. The van der Waals surface area contributed by atoms with Crippen LogP contribution in [0.5, 0.6) is 0 Å². The van der Waals surface area contributed by atoms with Crippen LogP contribution in [0.15, 0.2) is 0 Å². The first-order valence-corrected chi connectivity index (χ1v) is 5.13. The van der Waals surface area contributed by atoms with Crippen LogP contribution in [0.3, 0.4) is 0 Å². The molecule has 0 aromatic heterocycles. The molecule has 3 nitrogen and oxygen atoms in total. The van der Waals surface area contributed by atoms with Crippen molar-refractivity contribution < 1.29 is 4.79 Å². The van der Waals surface area contributed by atoms with Gasteiger partial charge >= 0.3 is 0 Å². The molecule has 3 heteroatoms. The van der Waals surface area contributed by atoms with Crippen LogP contribution in [0.2, 0.25) is 0 Å². The SMILES string of the molecule is CCNC(=O)C(CN)CC(C)CC. The van der Waals surface area contributed by atoms with E-state index in [1.807, 2.05) is 6.92 Å². The lowest BCUT2D eigenvalue weighted by Gasteiger charge is -2.17. The van der Waals surface area contributed by atoms with Crippen molar-refractivity contribution >= 4 is 5.91 Å². The number of carbonyl (C=O) groups is 1. The topological polar surface area (TPSA) is 55.1 Å². The highest BCUT2D eigenvalue weighted by Gasteiger charge is 2.17. The van der Waals surface area contributed by atoms with Crippen molar-refractivity contribution in [2.45, 2.75) is 33.6 Å². The van der Waals surface area contributed by atoms with Crippen LogP contribution in [-0.2, 0) is 4.79 Å². The summed E-state index contributed by atoms with van der Waals surface area (Å²) >= 11 is 0. The molecule has 13 heavy (non-hydrogen) atoms. The van der Waals surface area contributed by atoms with E-state index in [2.05, 4.69) is 19.2 Å². The number of carbonyl (C=O) groups excluding carboxylic acids is 1. The van der Waals surface area contributed by atoms with Crippen molar-refractivity contribution in [1.29, 1.82) is 0 Å². The van der Waals surface area contributed by atoms with E-state index in [9.17, 15) is 4.79 Å². The van der Waals surface area contributed by atoms with Gasteiger partial charge in [0.2, 0.25) is 5.91 Å². The number of nitrogens with two attached hydrogens (primary N) is 1. The predicted molar refractivity (Wildman–Crippen MR) is 55.3 cm³/mol. The molecule has 0 aliphatic heterocycles. The highest BCUT2D eigenvalue weighted by Crippen LogP contribution is 2.14. The zero-order chi connectivity index (χ0) is 10.3. The molecule has 1 amide bonds. The Morgan fingerprint density at radius 1 is 1.46 bits per heavy atom. The third-order valence-electron chi connectivity index (χ3n) is 2.39. The van der Waals surface area contributed by atoms with Crippen LogP contribution >= 0.6 is 0 Å². The zero-order valence-corrected chi connectivity index (χ0v) is 8.97. The van der Waals surface area contributed by atoms with Gasteiger partial charge in [-0.25, -0.2) is 0 Å². The van der Waals surface area contributed by atoms with E-state index >= 15 is 0 Å². The lowest BCUT2D eigenvalue weighted by molar-refractivity contribution is -0.125. The second-order valence-electron chi connectivity index (χ2n) is 3.58. The zero-order valence-electron chi connectivity index (χ0n) is 8.97. The van der Waals surface area contributed by atoms with E-state index in [-0.39, 0.29) is 11.8 Å². The molecule has 0 aromatic rings. The Kier molecular flexibility index (Phi) is 6.59. The minimum Gasteiger partial charge on any atom is -0.356 e. The van der Waals surface area contributed by atoms with E-state index in [4.69, 9.17) is 5.73 Å². The van der Waals surface area contributed by atoms with Gasteiger partial charge in [-0.1, -0.05) is 20.3 Å². The van der Waals surface area contributed by atoms with Gasteiger partial charge in [-0.15, -0.1) is 0 Å². The smallest absolute Gasteiger partial charge is 0.224 e. The molecule has 0 radical (unpaired) electrons. The van der Waals surface area contributed by atoms with Gasteiger partial charge in [0, 0.05) is 13.1 Å². The highest BCUT2D eigenvalue weighted by molar-refractivity contribution is 5.78. The van der Waals surface area contributed by atoms with Gasteiger partial charge in [-0.05, 0) is 19.3 Å². The first kappa shape index (κ1) is 12.4. The largest absolute Gasteiger partial charge is 0.356 e. The molecule has 0 rings (SSSR count). The number of rotatable bonds is 6. The van der Waals surface area contributed by atoms with Crippen molar-refractivity contribution in [3.8, 4) is 0 Å². The van der Waals surface area contributed by atoms with Crippen molar-refractivity contribution in [1.82, 2.24) is 5.32 Å². The van der Waals surface area contributed by atoms with E-state index in [0.717, 1.165) is 12.8 Å². The van der Waals surface area contributed by atoms with Crippen LogP contribution in [0.25, 0.3) is 0 Å². The molecule has 0 spiro atoms. The average molecular weight is 186 g/mol. The van der Waals surface area contributed by atoms with Crippen LogP contribution in [0, 0.1) is 11.8 Å². The molecule has 0 aliphatic carbocycles. The fraction of sp³-hybridized carbons (Fsp3) is 0.900. The van der Waals surface area contributed by atoms with Crippen LogP contribution in [0.1, 0.15) is 33.6 Å². The molecule has 0 heterocycles. The Labute approximate surface area is 81.1 Å². The molecular formula is C10H22N2O. The summed E-state index contributed by atoms with van der Waals surface area (Å²) in [5.74, 6) is 0.677. The molecule has 0 bridgehead atoms. The lowest BCUT2D eigenvalue weighted by Crippen LogP contribution is -2.35. The van der Waals surface area contributed by atoms with E-state index < -0.39 is 0 Å². The summed E-state index contributed by atoms with van der Waals surface area (Å²) in [7, 11) is 0. The molecule has 0 saturated heterocycles. The van der Waals surface area contributed by atoms with Crippen LogP contribution < -0.4 is 11.1 Å². The fourth-order valence-corrected chi connectivity index (χ4v) is 1.28. The minimum absolute atomic E-state index is 0.00472. The van der Waals surface area contributed by atoms with Crippen molar-refractivity contribution in [2.75, 3.05) is 13.1 Å². The third-order valence-corrected chi connectivity index (χ3v) is 2.39. The number of amides is 1. The monoisotopic (exact) mass is 186 g/mol. The van der Waals surface area contributed by atoms with Gasteiger partial charge in [0.05, 0.1) is 5.92 Å². The molecule has 0 aromatic carbocycles. The van der Waals surface area contributed by atoms with Gasteiger partial charge in [0.25, 0.3) is 0 Å². The summed E-state index contributed by atoms with van der Waals surface area (Å²) in [6.07, 6.45) is 2.01. The maximum Gasteiger partial charge on any atom is 0.224 e. The Morgan fingerprint density at radius 2 is 2.08 bits per heavy atom. The van der Waals surface area contributed by atoms with Gasteiger partial charge in [0.1, 0.15) is 0 Å². The third kappa shape index (κ3) is 4.88. The standard InChI is InChI=1S/C10H22N2O/c1-4-8(3)6-9(7-11)10(13)12-5-2/h8-9H,4-7,11H2,1-3H3,(H,12,13). The fourth-order valence-electron chi connectivity index (χ4n) is 1.28. The van der Waals surface area contributed by atoms with E-state index in [1.165, 1.54) is 0 Å². The summed E-state index contributed by atoms with van der Waals surface area (Å²) in [4.78, 5) is 11.4. The Morgan fingerprint density at radius 3 is 2.46 bits per heavy atom. The van der Waals surface area contributed by atoms with E-state index in [1.54, 1.807) is 0 Å². The van der Waals surface area contributed by atoms with Gasteiger partial charge in [-0.2, -0.15) is 0 Å². The molecular weight excluding hydrogens is 164 g/mol. The second-order valence-corrected chi connectivity index (χ2v) is 3.58. The summed E-state index contributed by atoms with van der Waals surface area (Å²) in [5, 5.41) is 2.81. The number of hydrogen-bond acceptors (Lipinski definition) is 2. The van der Waals surface area contributed by atoms with Gasteiger partial charge < -0.3 is 11.1 Å². The molecule has 3 N–H and O–H groups in total. The second kappa shape index (κ2) is 6.89. The Hall–Kier alpha value is -0.570. The van der Waals surface area contributed by atoms with Gasteiger partial charge in [-0.3, -0.25) is 4.79 Å². The van der Waals surface area contributed by atoms with Crippen molar-refractivity contribution in [3.63, 3.8) is 0 Å². The quantitative estimate of drug-likeness (QED) is 0.653. The molecule has 78 valence electrons. The van der Waals surface area contributed by atoms with Crippen LogP contribution in [0.4, 0.5) is 0 Å². The first-order valence-electron chi connectivity index (χ1n) is 5.13. The molecule has 0 fully saturated rings. The predicted octanol–water partition coefficient (Wildman–Crippen LogP) is 1.13. The number of nitrogens with one attached hydrogen (secondary N) is 1. The summed E-state index contributed by atoms with van der Waals surface area (Å²) < 4.78 is 0. The maximum atomic E-state index is 11.4. The Bertz CT molecular complexity index is 148. The van der Waals surface area contributed by atoms with Crippen LogP contribution in [-0.4, -0.2) is 19.0 Å². The molecule has 0 saturated carbocycles. The first-order chi connectivity index (χ1) is 6.15. The molecule has 0 aliphatic rings. The minimum atomic E-state index is -0.00472. The van der Waals surface area contributed by atoms with E-state index in [0.29, 0.717) is 19.0 Å². The molecule has 2 atom stereocenters. The lowest BCUT2D eigenvalue weighted by atomic mass is 9.93. The Balaban J connectivity index is 3.94. The number of hydrogen-bond donors (Lipinski definition) is 2. The average Bonchev–Trinajstić information content (AvgIpc) is 2.14. The maximum absolute atomic E-state index is 11.4. The van der Waals surface area contributed by atoms with Crippen molar-refractivity contribution in [2.24, 2.45) is 17.6 Å². The molecule has 2 unspecified atom stereocenters. The summed E-state index contributed by atoms with van der Waals surface area (Å²) in [6, 6.07) is 0. The van der Waals surface area contributed by atoms with Gasteiger partial charge in [0.15, 0.2) is 0 Å².